The van der Waals surface area contributed by atoms with Gasteiger partial charge in [-0.15, -0.1) is 0 Å². The Hall–Kier alpha value is -2.84. The largest absolute Gasteiger partial charge is 0.497 e. The lowest BCUT2D eigenvalue weighted by atomic mass is 9.87. The second-order valence-electron chi connectivity index (χ2n) is 6.31. The predicted octanol–water partition coefficient (Wildman–Crippen LogP) is 2.24. The SMILES string of the molecule is COc1ccc2c(c1)CC(NC(C(N)=O)c1ccc(C#N)cc1)CC2. The van der Waals surface area contributed by atoms with Crippen LogP contribution in [0.1, 0.15) is 34.7 Å². The Kier molecular flexibility index (Phi) is 5.01. The Morgan fingerprint density at radius 3 is 2.68 bits per heavy atom. The van der Waals surface area contributed by atoms with E-state index in [4.69, 9.17) is 15.7 Å². The summed E-state index contributed by atoms with van der Waals surface area (Å²) in [5.41, 5.74) is 9.52. The third-order valence-electron chi connectivity index (χ3n) is 4.70. The maximum atomic E-state index is 11.9. The van der Waals surface area contributed by atoms with Gasteiger partial charge in [0.1, 0.15) is 11.8 Å². The zero-order valence-electron chi connectivity index (χ0n) is 14.2. The molecule has 0 saturated heterocycles. The van der Waals surface area contributed by atoms with E-state index in [1.165, 1.54) is 11.1 Å². The molecule has 0 aliphatic heterocycles. The number of nitrogens with zero attached hydrogens (tertiary/aromatic N) is 1. The van der Waals surface area contributed by atoms with E-state index in [0.717, 1.165) is 30.6 Å². The lowest BCUT2D eigenvalue weighted by Crippen LogP contribution is -2.42. The van der Waals surface area contributed by atoms with Gasteiger partial charge in [0, 0.05) is 6.04 Å². The molecule has 0 saturated carbocycles. The van der Waals surface area contributed by atoms with Crippen molar-refractivity contribution < 1.29 is 9.53 Å². The molecule has 1 aliphatic carbocycles. The number of carbonyl (C=O) groups excluding carboxylic acids is 1. The van der Waals surface area contributed by atoms with Gasteiger partial charge in [0.2, 0.25) is 5.91 Å². The summed E-state index contributed by atoms with van der Waals surface area (Å²) in [7, 11) is 1.66. The number of carbonyl (C=O) groups is 1. The van der Waals surface area contributed by atoms with Crippen molar-refractivity contribution in [3.8, 4) is 11.8 Å². The summed E-state index contributed by atoms with van der Waals surface area (Å²) in [5.74, 6) is 0.430. The number of benzene rings is 2. The molecule has 0 radical (unpaired) electrons. The zero-order valence-corrected chi connectivity index (χ0v) is 14.2. The molecule has 1 aliphatic rings. The van der Waals surface area contributed by atoms with Crippen LogP contribution >= 0.6 is 0 Å². The van der Waals surface area contributed by atoms with Crippen LogP contribution in [-0.4, -0.2) is 19.1 Å². The molecule has 1 amide bonds. The highest BCUT2D eigenvalue weighted by atomic mass is 16.5. The van der Waals surface area contributed by atoms with Crippen molar-refractivity contribution >= 4 is 5.91 Å². The summed E-state index contributed by atoms with van der Waals surface area (Å²) in [5, 5.41) is 12.3. The monoisotopic (exact) mass is 335 g/mol. The number of aryl methyl sites for hydroxylation is 1. The summed E-state index contributed by atoms with van der Waals surface area (Å²) in [6.07, 6.45) is 2.72. The zero-order chi connectivity index (χ0) is 17.8. The molecule has 0 bridgehead atoms. The van der Waals surface area contributed by atoms with Crippen LogP contribution in [0.15, 0.2) is 42.5 Å². The molecule has 5 heteroatoms. The topological polar surface area (TPSA) is 88.1 Å². The Balaban J connectivity index is 1.76. The van der Waals surface area contributed by atoms with Crippen LogP contribution in [0.3, 0.4) is 0 Å². The minimum atomic E-state index is -0.565. The molecule has 0 aromatic heterocycles. The van der Waals surface area contributed by atoms with Crippen molar-refractivity contribution in [3.05, 3.63) is 64.7 Å². The fourth-order valence-corrected chi connectivity index (χ4v) is 3.33. The lowest BCUT2D eigenvalue weighted by molar-refractivity contribution is -0.120. The Morgan fingerprint density at radius 1 is 1.28 bits per heavy atom. The van der Waals surface area contributed by atoms with Crippen LogP contribution in [-0.2, 0) is 17.6 Å². The molecule has 128 valence electrons. The summed E-state index contributed by atoms with van der Waals surface area (Å²) < 4.78 is 5.31. The first kappa shape index (κ1) is 17.0. The molecule has 2 unspecified atom stereocenters. The number of fused-ring (bicyclic) bond motifs is 1. The number of primary amides is 1. The van der Waals surface area contributed by atoms with E-state index in [2.05, 4.69) is 23.5 Å². The second-order valence-corrected chi connectivity index (χ2v) is 6.31. The van der Waals surface area contributed by atoms with E-state index >= 15 is 0 Å². The maximum Gasteiger partial charge on any atom is 0.239 e. The van der Waals surface area contributed by atoms with Crippen LogP contribution in [0.5, 0.6) is 5.75 Å². The molecule has 2 aromatic carbocycles. The molecule has 2 atom stereocenters. The molecular formula is C20H21N3O2. The van der Waals surface area contributed by atoms with Gasteiger partial charge in [-0.25, -0.2) is 0 Å². The third kappa shape index (κ3) is 3.81. The number of methoxy groups -OCH3 is 1. The maximum absolute atomic E-state index is 11.9. The lowest BCUT2D eigenvalue weighted by Gasteiger charge is -2.29. The van der Waals surface area contributed by atoms with E-state index in [-0.39, 0.29) is 6.04 Å². The van der Waals surface area contributed by atoms with Gasteiger partial charge in [0.05, 0.1) is 18.7 Å². The van der Waals surface area contributed by atoms with Gasteiger partial charge in [-0.2, -0.15) is 5.26 Å². The van der Waals surface area contributed by atoms with Gasteiger partial charge in [0.15, 0.2) is 0 Å². The summed E-state index contributed by atoms with van der Waals surface area (Å²) in [6, 6.07) is 14.8. The number of hydrogen-bond donors (Lipinski definition) is 2. The summed E-state index contributed by atoms with van der Waals surface area (Å²) in [6.45, 7) is 0. The number of amides is 1. The van der Waals surface area contributed by atoms with E-state index in [0.29, 0.717) is 5.56 Å². The number of ether oxygens (including phenoxy) is 1. The smallest absolute Gasteiger partial charge is 0.239 e. The van der Waals surface area contributed by atoms with E-state index < -0.39 is 11.9 Å². The van der Waals surface area contributed by atoms with Gasteiger partial charge >= 0.3 is 0 Å². The molecule has 3 N–H and O–H groups in total. The van der Waals surface area contributed by atoms with Crippen molar-refractivity contribution in [2.45, 2.75) is 31.3 Å². The molecule has 0 heterocycles. The Morgan fingerprint density at radius 2 is 2.04 bits per heavy atom. The normalized spacial score (nSPS) is 17.2. The van der Waals surface area contributed by atoms with E-state index in [9.17, 15) is 4.79 Å². The van der Waals surface area contributed by atoms with Gasteiger partial charge in [0.25, 0.3) is 0 Å². The standard InChI is InChI=1S/C20H21N3O2/c1-25-18-9-7-14-6-8-17(10-16(14)11-18)23-19(20(22)24)15-4-2-13(12-21)3-5-15/h2-5,7,9,11,17,19,23H,6,8,10H2,1H3,(H2,22,24). The summed E-state index contributed by atoms with van der Waals surface area (Å²) in [4.78, 5) is 11.9. The van der Waals surface area contributed by atoms with Crippen molar-refractivity contribution in [1.82, 2.24) is 5.32 Å². The average Bonchev–Trinajstić information content (AvgIpc) is 2.65. The van der Waals surface area contributed by atoms with Gasteiger partial charge in [-0.1, -0.05) is 18.2 Å². The minimum Gasteiger partial charge on any atom is -0.497 e. The number of rotatable bonds is 5. The van der Waals surface area contributed by atoms with Crippen molar-refractivity contribution in [2.75, 3.05) is 7.11 Å². The fourth-order valence-electron chi connectivity index (χ4n) is 3.33. The Labute approximate surface area is 147 Å². The molecular weight excluding hydrogens is 314 g/mol. The Bertz CT molecular complexity index is 809. The van der Waals surface area contributed by atoms with Crippen LogP contribution in [0.2, 0.25) is 0 Å². The number of hydrogen-bond acceptors (Lipinski definition) is 4. The van der Waals surface area contributed by atoms with Crippen LogP contribution in [0.4, 0.5) is 0 Å². The first-order chi connectivity index (χ1) is 12.1. The van der Waals surface area contributed by atoms with Crippen LogP contribution < -0.4 is 15.8 Å². The third-order valence-corrected chi connectivity index (χ3v) is 4.70. The number of nitriles is 1. The fraction of sp³-hybridized carbons (Fsp3) is 0.300. The summed E-state index contributed by atoms with van der Waals surface area (Å²) >= 11 is 0. The number of nitrogens with one attached hydrogen (secondary N) is 1. The first-order valence-electron chi connectivity index (χ1n) is 8.32. The molecule has 2 aromatic rings. The van der Waals surface area contributed by atoms with E-state index in [1.807, 2.05) is 6.07 Å². The highest BCUT2D eigenvalue weighted by molar-refractivity contribution is 5.81. The van der Waals surface area contributed by atoms with Crippen molar-refractivity contribution in [1.29, 1.82) is 5.26 Å². The van der Waals surface area contributed by atoms with Crippen molar-refractivity contribution in [2.24, 2.45) is 5.73 Å². The van der Waals surface area contributed by atoms with E-state index in [1.54, 1.807) is 31.4 Å². The molecule has 5 nitrogen and oxygen atoms in total. The quantitative estimate of drug-likeness (QED) is 0.877. The van der Waals surface area contributed by atoms with Gasteiger partial charge in [-0.3, -0.25) is 10.1 Å². The highest BCUT2D eigenvalue weighted by Gasteiger charge is 2.25. The minimum absolute atomic E-state index is 0.160. The van der Waals surface area contributed by atoms with Gasteiger partial charge < -0.3 is 10.5 Å². The van der Waals surface area contributed by atoms with Crippen LogP contribution in [0.25, 0.3) is 0 Å². The predicted molar refractivity (Wildman–Crippen MR) is 95.0 cm³/mol. The number of nitrogens with two attached hydrogens (primary N) is 1. The average molecular weight is 335 g/mol. The van der Waals surface area contributed by atoms with Crippen LogP contribution in [0, 0.1) is 11.3 Å². The molecule has 0 fully saturated rings. The molecule has 25 heavy (non-hydrogen) atoms. The van der Waals surface area contributed by atoms with Gasteiger partial charge in [-0.05, 0) is 60.2 Å². The molecule has 0 spiro atoms. The first-order valence-corrected chi connectivity index (χ1v) is 8.32. The highest BCUT2D eigenvalue weighted by Crippen LogP contribution is 2.27. The molecule has 3 rings (SSSR count). The van der Waals surface area contributed by atoms with Crippen molar-refractivity contribution in [3.63, 3.8) is 0 Å². The second kappa shape index (κ2) is 7.37.